The second kappa shape index (κ2) is 31.6. The van der Waals surface area contributed by atoms with Gasteiger partial charge in [-0.05, 0) is 122 Å². The number of carbonyl (C=O) groups is 2. The van der Waals surface area contributed by atoms with Crippen LogP contribution in [0.3, 0.4) is 0 Å². The van der Waals surface area contributed by atoms with Gasteiger partial charge in [0.2, 0.25) is 20.0 Å². The molecule has 2 fully saturated rings. The molecule has 4 aromatic carbocycles. The molecule has 0 unspecified atom stereocenters. The van der Waals surface area contributed by atoms with E-state index in [9.17, 15) is 45.4 Å². The molecule has 28 heteroatoms. The molecule has 2 saturated heterocycles. The predicted octanol–water partition coefficient (Wildman–Crippen LogP) is 4.20. The van der Waals surface area contributed by atoms with E-state index >= 15 is 0 Å². The quantitative estimate of drug-likeness (QED) is 0.0311. The summed E-state index contributed by atoms with van der Waals surface area (Å²) in [5.41, 5.74) is 2.30. The molecule has 4 amide bonds. The molecule has 84 heavy (non-hydrogen) atoms. The fourth-order valence-corrected chi connectivity index (χ4v) is 13.0. The van der Waals surface area contributed by atoms with Crippen molar-refractivity contribution in [1.29, 1.82) is 0 Å². The number of ether oxygens (including phenoxy) is 6. The number of likely N-dealkylation sites (tertiary alicyclic amines) is 2. The highest BCUT2D eigenvalue weighted by molar-refractivity contribution is 7.89. The monoisotopic (exact) mass is 1250 g/mol. The van der Waals surface area contributed by atoms with Gasteiger partial charge in [0.15, 0.2) is 0 Å². The zero-order valence-electron chi connectivity index (χ0n) is 46.4. The summed E-state index contributed by atoms with van der Waals surface area (Å²) < 4.78 is 121. The molecule has 8 rings (SSSR count). The highest BCUT2D eigenvalue weighted by Crippen LogP contribution is 2.43. The van der Waals surface area contributed by atoms with E-state index in [2.05, 4.69) is 40.5 Å². The number of nitrogens with one attached hydrogen (secondary N) is 6. The fourth-order valence-electron chi connectivity index (χ4n) is 10.5. The summed E-state index contributed by atoms with van der Waals surface area (Å²) in [5.74, 6) is -0.0163. The van der Waals surface area contributed by atoms with Gasteiger partial charge in [-0.2, -0.15) is 0 Å². The Bertz CT molecular complexity index is 2840. The number of rotatable bonds is 33. The van der Waals surface area contributed by atoms with Gasteiger partial charge in [-0.25, -0.2) is 44.6 Å². The third-order valence-corrected chi connectivity index (χ3v) is 18.1. The average molecular weight is 1260 g/mol. The van der Waals surface area contributed by atoms with Crippen LogP contribution in [0.4, 0.5) is 18.4 Å². The van der Waals surface area contributed by atoms with E-state index < -0.39 is 56.1 Å². The number of halogens is 4. The SMILES string of the molecule is O=C(NCCCCNC(=O)NCCOCCOCCNS(=O)(=O)c1ccc(O[C@H]2c3cc(Cl)cc(F)c3C[C@H]2N2CC[C@@H](O)C2)cc1)NCCOCCOCCNS(=O)(=O)c1ccc(O[C@H]2c3cc(Cl)cc(F)c3C[C@H]2N2CC[C@@H](O)C2)cc1. The summed E-state index contributed by atoms with van der Waals surface area (Å²) in [6, 6.07) is 16.7. The lowest BCUT2D eigenvalue weighted by Gasteiger charge is -2.30. The lowest BCUT2D eigenvalue weighted by Crippen LogP contribution is -2.39. The molecule has 2 heterocycles. The Balaban J connectivity index is 0.576. The van der Waals surface area contributed by atoms with Crippen molar-refractivity contribution in [3.8, 4) is 11.5 Å². The second-order valence-electron chi connectivity index (χ2n) is 20.7. The molecule has 2 aliphatic carbocycles. The van der Waals surface area contributed by atoms with E-state index in [0.29, 0.717) is 112 Å². The maximum absolute atomic E-state index is 14.9. The van der Waals surface area contributed by atoms with Gasteiger partial charge in [0.25, 0.3) is 0 Å². The first-order valence-corrected chi connectivity index (χ1v) is 31.8. The van der Waals surface area contributed by atoms with Crippen LogP contribution >= 0.6 is 23.2 Å². The van der Waals surface area contributed by atoms with Crippen molar-refractivity contribution in [2.45, 2.75) is 84.8 Å². The molecule has 8 N–H and O–H groups in total. The van der Waals surface area contributed by atoms with Gasteiger partial charge in [-0.1, -0.05) is 23.2 Å². The summed E-state index contributed by atoms with van der Waals surface area (Å²) in [6.45, 7) is 5.07. The van der Waals surface area contributed by atoms with Crippen molar-refractivity contribution in [3.05, 3.63) is 117 Å². The van der Waals surface area contributed by atoms with Gasteiger partial charge >= 0.3 is 12.1 Å². The maximum Gasteiger partial charge on any atom is 0.314 e. The molecular formula is C56H74Cl2F2N8O14S2. The first kappa shape index (κ1) is 64.9. The molecule has 22 nitrogen and oxygen atoms in total. The van der Waals surface area contributed by atoms with Crippen LogP contribution in [0.5, 0.6) is 11.5 Å². The number of sulfonamides is 2. The number of carbonyl (C=O) groups excluding carboxylic acids is 2. The van der Waals surface area contributed by atoms with E-state index in [1.54, 1.807) is 36.4 Å². The standard InChI is InChI=1S/C56H74Cl2F2N8O14S2/c57-37-29-47-45(49(59)31-37)33-51(67-19-11-39(69)35-67)53(47)81-41-3-7-43(8-4-41)83(73,74)65-17-23-79-27-25-77-21-15-63-55(71)61-13-1-2-14-62-56(72)64-16-22-78-26-28-80-24-18-66-84(75,76)44-9-5-42(6-10-44)82-54-48-30-38(58)32-50(60)46(48)34-52(54)68-20-12-40(70)36-68/h3-10,29-32,39-40,51-54,65-66,69-70H,1-2,11-28,33-36H2,(H2,61,63,71)(H2,62,64,72)/t39-,40-,51-,52-,53+,54+/m1/s1. The molecule has 0 radical (unpaired) electrons. The van der Waals surface area contributed by atoms with Crippen molar-refractivity contribution in [2.24, 2.45) is 0 Å². The number of aliphatic hydroxyl groups excluding tert-OH is 2. The third-order valence-electron chi connectivity index (χ3n) is 14.7. The highest BCUT2D eigenvalue weighted by atomic mass is 35.5. The minimum absolute atomic E-state index is 0.0191. The number of hydrogen-bond acceptors (Lipinski definition) is 16. The molecule has 0 aromatic heterocycles. The average Bonchev–Trinajstić information content (AvgIpc) is 3.45. The summed E-state index contributed by atoms with van der Waals surface area (Å²) in [7, 11) is -7.72. The van der Waals surface area contributed by atoms with Gasteiger partial charge in [0.1, 0.15) is 35.3 Å². The van der Waals surface area contributed by atoms with Crippen LogP contribution in [0.2, 0.25) is 10.0 Å². The number of β-amino-alcohol motifs (C(OH)–C–C–N with tert-alkyl or cyclic N) is 2. The van der Waals surface area contributed by atoms with Crippen LogP contribution in [-0.4, -0.2) is 192 Å². The van der Waals surface area contributed by atoms with Gasteiger partial charge in [-0.15, -0.1) is 0 Å². The molecule has 0 saturated carbocycles. The zero-order valence-corrected chi connectivity index (χ0v) is 49.5. The fraction of sp³-hybridized carbons (Fsp3) is 0.536. The number of unbranched alkanes of at least 4 members (excludes halogenated alkanes) is 1. The van der Waals surface area contributed by atoms with E-state index in [-0.39, 0.29) is 123 Å². The van der Waals surface area contributed by atoms with Crippen molar-refractivity contribution >= 4 is 55.3 Å². The topological polar surface area (TPSA) is 277 Å². The van der Waals surface area contributed by atoms with Gasteiger partial charge < -0.3 is 59.9 Å². The lowest BCUT2D eigenvalue weighted by molar-refractivity contribution is 0.0516. The van der Waals surface area contributed by atoms with Crippen LogP contribution in [-0.2, 0) is 51.8 Å². The number of urea groups is 2. The van der Waals surface area contributed by atoms with E-state index in [1.807, 2.05) is 0 Å². The Morgan fingerprint density at radius 3 is 1.24 bits per heavy atom. The first-order valence-electron chi connectivity index (χ1n) is 28.1. The predicted molar refractivity (Wildman–Crippen MR) is 308 cm³/mol. The van der Waals surface area contributed by atoms with Crippen molar-refractivity contribution < 1.29 is 73.8 Å². The smallest absolute Gasteiger partial charge is 0.314 e. The minimum Gasteiger partial charge on any atom is -0.484 e. The maximum atomic E-state index is 14.9. The number of benzene rings is 4. The Hall–Kier alpha value is -5.04. The Morgan fingerprint density at radius 2 is 0.881 bits per heavy atom. The molecule has 6 atom stereocenters. The highest BCUT2D eigenvalue weighted by Gasteiger charge is 2.44. The van der Waals surface area contributed by atoms with Crippen LogP contribution in [0.25, 0.3) is 0 Å². The normalized spacial score (nSPS) is 20.6. The first-order chi connectivity index (χ1) is 40.4. The van der Waals surface area contributed by atoms with Crippen molar-refractivity contribution in [2.75, 3.05) is 118 Å². The summed E-state index contributed by atoms with van der Waals surface area (Å²) in [5, 5.41) is 31.7. The Labute approximate surface area is 498 Å². The molecule has 0 spiro atoms. The molecule has 0 bridgehead atoms. The lowest BCUT2D eigenvalue weighted by atomic mass is 10.1. The molecule has 4 aliphatic rings. The van der Waals surface area contributed by atoms with E-state index in [0.717, 1.165) is 0 Å². The zero-order chi connectivity index (χ0) is 59.6. The van der Waals surface area contributed by atoms with Gasteiger partial charge in [0, 0.05) is 86.6 Å². The van der Waals surface area contributed by atoms with Crippen LogP contribution in [0.15, 0.2) is 82.6 Å². The summed E-state index contributed by atoms with van der Waals surface area (Å²) in [4.78, 5) is 28.5. The molecule has 2 aliphatic heterocycles. The summed E-state index contributed by atoms with van der Waals surface area (Å²) in [6.07, 6.45) is 1.19. The second-order valence-corrected chi connectivity index (χ2v) is 25.1. The van der Waals surface area contributed by atoms with Crippen molar-refractivity contribution in [1.82, 2.24) is 40.5 Å². The Morgan fingerprint density at radius 1 is 0.524 bits per heavy atom. The van der Waals surface area contributed by atoms with E-state index in [4.69, 9.17) is 51.6 Å². The molecular weight excluding hydrogens is 1180 g/mol. The largest absolute Gasteiger partial charge is 0.484 e. The van der Waals surface area contributed by atoms with Crippen LogP contribution < -0.4 is 40.2 Å². The number of hydrogen-bond donors (Lipinski definition) is 8. The molecule has 462 valence electrons. The number of nitrogens with zero attached hydrogens (tertiary/aromatic N) is 2. The van der Waals surface area contributed by atoms with Crippen molar-refractivity contribution in [3.63, 3.8) is 0 Å². The van der Waals surface area contributed by atoms with Crippen LogP contribution in [0.1, 0.15) is 60.1 Å². The molecule has 4 aromatic rings. The minimum atomic E-state index is -3.86. The van der Waals surface area contributed by atoms with E-state index in [1.165, 1.54) is 36.4 Å². The van der Waals surface area contributed by atoms with Gasteiger partial charge in [-0.3, -0.25) is 9.80 Å². The van der Waals surface area contributed by atoms with Gasteiger partial charge in [0.05, 0.1) is 86.9 Å². The number of amides is 4. The van der Waals surface area contributed by atoms with Crippen LogP contribution in [0, 0.1) is 11.6 Å². The third kappa shape index (κ3) is 18.7. The number of fused-ring (bicyclic) bond motifs is 2. The summed E-state index contributed by atoms with van der Waals surface area (Å²) >= 11 is 12.4. The Kier molecular flexibility index (Phi) is 24.4. The number of aliphatic hydroxyl groups is 2.